The number of anilines is 1. The van der Waals surface area contributed by atoms with Gasteiger partial charge in [0.15, 0.2) is 0 Å². The fourth-order valence-electron chi connectivity index (χ4n) is 4.57. The largest absolute Gasteiger partial charge is 0.497 e. The van der Waals surface area contributed by atoms with Gasteiger partial charge in [-0.15, -0.1) is 0 Å². The van der Waals surface area contributed by atoms with Gasteiger partial charge in [-0.05, 0) is 60.0 Å². The third-order valence-electron chi connectivity index (χ3n) is 6.18. The van der Waals surface area contributed by atoms with Crippen molar-refractivity contribution in [2.45, 2.75) is 12.5 Å². The molecule has 0 saturated carbocycles. The van der Waals surface area contributed by atoms with Crippen molar-refractivity contribution in [2.75, 3.05) is 26.1 Å². The number of methoxy groups -OCH3 is 2. The highest BCUT2D eigenvalue weighted by molar-refractivity contribution is 6.31. The van der Waals surface area contributed by atoms with Crippen LogP contribution in [0.1, 0.15) is 22.9 Å². The van der Waals surface area contributed by atoms with Crippen LogP contribution < -0.4 is 14.8 Å². The number of carbonyl (C=O) groups is 1. The molecule has 1 aliphatic rings. The molecule has 2 amide bonds. The van der Waals surface area contributed by atoms with E-state index in [-0.39, 0.29) is 11.8 Å². The second-order valence-corrected chi connectivity index (χ2v) is 8.54. The van der Waals surface area contributed by atoms with Crippen molar-refractivity contribution in [1.82, 2.24) is 9.88 Å². The predicted molar refractivity (Wildman–Crippen MR) is 131 cm³/mol. The molecule has 1 aromatic heterocycles. The van der Waals surface area contributed by atoms with Crippen LogP contribution in [0.2, 0.25) is 5.02 Å². The van der Waals surface area contributed by atoms with Crippen molar-refractivity contribution in [2.24, 2.45) is 0 Å². The lowest BCUT2D eigenvalue weighted by Crippen LogP contribution is -2.43. The first-order valence-corrected chi connectivity index (χ1v) is 11.2. The number of benzene rings is 3. The van der Waals surface area contributed by atoms with Crippen LogP contribution in [-0.4, -0.2) is 36.7 Å². The molecule has 0 aliphatic carbocycles. The molecular formula is C26H23ClFN3O3. The van der Waals surface area contributed by atoms with Gasteiger partial charge in [0, 0.05) is 34.2 Å². The fraction of sp³-hybridized carbons (Fsp3) is 0.192. The number of hydrogen-bond acceptors (Lipinski definition) is 3. The Balaban J connectivity index is 1.57. The average Bonchev–Trinajstić information content (AvgIpc) is 3.21. The minimum Gasteiger partial charge on any atom is -0.497 e. The van der Waals surface area contributed by atoms with Crippen molar-refractivity contribution in [3.63, 3.8) is 0 Å². The zero-order valence-corrected chi connectivity index (χ0v) is 19.4. The van der Waals surface area contributed by atoms with Gasteiger partial charge >= 0.3 is 6.03 Å². The minimum atomic E-state index is -0.438. The summed E-state index contributed by atoms with van der Waals surface area (Å²) >= 11 is 6.26. The molecule has 2 heterocycles. The van der Waals surface area contributed by atoms with Crippen molar-refractivity contribution < 1.29 is 18.7 Å². The van der Waals surface area contributed by atoms with Crippen molar-refractivity contribution >= 4 is 34.2 Å². The quantitative estimate of drug-likeness (QED) is 0.368. The van der Waals surface area contributed by atoms with E-state index in [4.69, 9.17) is 21.1 Å². The first kappa shape index (κ1) is 22.1. The molecule has 1 unspecified atom stereocenters. The fourth-order valence-corrected chi connectivity index (χ4v) is 4.74. The summed E-state index contributed by atoms with van der Waals surface area (Å²) in [5, 5.41) is 4.65. The van der Waals surface area contributed by atoms with Gasteiger partial charge in [-0.25, -0.2) is 9.18 Å². The Morgan fingerprint density at radius 2 is 1.88 bits per heavy atom. The Kier molecular flexibility index (Phi) is 5.79. The van der Waals surface area contributed by atoms with E-state index in [9.17, 15) is 9.18 Å². The SMILES string of the molecule is COc1ccc(OC)c(NC(=O)N2CCc3c([nH]c4ccc(Cl)cc34)C2c2ccc(F)cc2)c1. The molecule has 8 heteroatoms. The Labute approximate surface area is 201 Å². The molecule has 2 N–H and O–H groups in total. The number of aromatic nitrogens is 1. The number of rotatable bonds is 4. The van der Waals surface area contributed by atoms with Crippen LogP contribution in [0, 0.1) is 5.82 Å². The normalized spacial score (nSPS) is 15.2. The number of aromatic amines is 1. The van der Waals surface area contributed by atoms with E-state index in [0.717, 1.165) is 27.7 Å². The van der Waals surface area contributed by atoms with E-state index < -0.39 is 6.04 Å². The van der Waals surface area contributed by atoms with Crippen LogP contribution in [0.3, 0.4) is 0 Å². The summed E-state index contributed by atoms with van der Waals surface area (Å²) in [6.07, 6.45) is 0.649. The van der Waals surface area contributed by atoms with E-state index in [1.165, 1.54) is 12.1 Å². The van der Waals surface area contributed by atoms with Crippen LogP contribution in [0.5, 0.6) is 11.5 Å². The van der Waals surface area contributed by atoms with Gasteiger partial charge in [0.25, 0.3) is 0 Å². The van der Waals surface area contributed by atoms with Gasteiger partial charge < -0.3 is 24.7 Å². The number of fused-ring (bicyclic) bond motifs is 3. The van der Waals surface area contributed by atoms with Gasteiger partial charge in [0.2, 0.25) is 0 Å². The molecule has 0 bridgehead atoms. The lowest BCUT2D eigenvalue weighted by atomic mass is 9.92. The van der Waals surface area contributed by atoms with Gasteiger partial charge in [0.1, 0.15) is 17.3 Å². The summed E-state index contributed by atoms with van der Waals surface area (Å²) in [7, 11) is 3.11. The van der Waals surface area contributed by atoms with Crippen LogP contribution in [0.25, 0.3) is 10.9 Å². The molecule has 0 spiro atoms. The van der Waals surface area contributed by atoms with E-state index in [1.807, 2.05) is 18.2 Å². The molecule has 34 heavy (non-hydrogen) atoms. The molecule has 5 rings (SSSR count). The monoisotopic (exact) mass is 479 g/mol. The number of H-pyrrole nitrogens is 1. The van der Waals surface area contributed by atoms with Crippen molar-refractivity contribution in [3.05, 3.63) is 88.3 Å². The Hall–Kier alpha value is -3.71. The number of carbonyl (C=O) groups excluding carboxylic acids is 1. The van der Waals surface area contributed by atoms with Gasteiger partial charge in [-0.3, -0.25) is 0 Å². The topological polar surface area (TPSA) is 66.6 Å². The summed E-state index contributed by atoms with van der Waals surface area (Å²) in [6.45, 7) is 0.465. The molecule has 174 valence electrons. The second-order valence-electron chi connectivity index (χ2n) is 8.10. The smallest absolute Gasteiger partial charge is 0.322 e. The summed E-state index contributed by atoms with van der Waals surface area (Å²) in [5.74, 6) is 0.783. The van der Waals surface area contributed by atoms with Gasteiger partial charge in [0.05, 0.1) is 25.9 Å². The molecular weight excluding hydrogens is 457 g/mol. The summed E-state index contributed by atoms with van der Waals surface area (Å²) in [6, 6.07) is 16.4. The lowest BCUT2D eigenvalue weighted by molar-refractivity contribution is 0.193. The van der Waals surface area contributed by atoms with Gasteiger partial charge in [-0.2, -0.15) is 0 Å². The van der Waals surface area contributed by atoms with Crippen LogP contribution in [0.4, 0.5) is 14.9 Å². The predicted octanol–water partition coefficient (Wildman–Crippen LogP) is 6.16. The van der Waals surface area contributed by atoms with Crippen molar-refractivity contribution in [1.29, 1.82) is 0 Å². The van der Waals surface area contributed by atoms with E-state index in [0.29, 0.717) is 35.2 Å². The maximum atomic E-state index is 13.7. The number of ether oxygens (including phenoxy) is 2. The summed E-state index contributed by atoms with van der Waals surface area (Å²) < 4.78 is 24.4. The molecule has 6 nitrogen and oxygen atoms in total. The van der Waals surface area contributed by atoms with Crippen LogP contribution >= 0.6 is 11.6 Å². The molecule has 0 saturated heterocycles. The maximum absolute atomic E-state index is 13.7. The van der Waals surface area contributed by atoms with Gasteiger partial charge in [-0.1, -0.05) is 23.7 Å². The molecule has 1 atom stereocenters. The standard InChI is InChI=1S/C26H23ClFN3O3/c1-33-18-8-10-23(34-2)22(14-18)30-26(32)31-12-11-19-20-13-16(27)5-9-21(20)29-24(19)25(31)15-3-6-17(28)7-4-15/h3-10,13-14,25,29H,11-12H2,1-2H3,(H,30,32). The molecule has 0 radical (unpaired) electrons. The molecule has 1 aliphatic heterocycles. The zero-order valence-electron chi connectivity index (χ0n) is 18.7. The third-order valence-corrected chi connectivity index (χ3v) is 6.42. The third kappa shape index (κ3) is 3.92. The second kappa shape index (κ2) is 8.91. The van der Waals surface area contributed by atoms with Crippen LogP contribution in [-0.2, 0) is 6.42 Å². The highest BCUT2D eigenvalue weighted by atomic mass is 35.5. The Bertz CT molecular complexity index is 1370. The molecule has 0 fully saturated rings. The lowest BCUT2D eigenvalue weighted by Gasteiger charge is -2.36. The Morgan fingerprint density at radius 1 is 1.09 bits per heavy atom. The van der Waals surface area contributed by atoms with Crippen LogP contribution in [0.15, 0.2) is 60.7 Å². The number of amides is 2. The summed E-state index contributed by atoms with van der Waals surface area (Å²) in [5.41, 5.74) is 4.24. The van der Waals surface area contributed by atoms with E-state index in [2.05, 4.69) is 10.3 Å². The average molecular weight is 480 g/mol. The summed E-state index contributed by atoms with van der Waals surface area (Å²) in [4.78, 5) is 18.8. The van der Waals surface area contributed by atoms with E-state index >= 15 is 0 Å². The highest BCUT2D eigenvalue weighted by Crippen LogP contribution is 2.40. The maximum Gasteiger partial charge on any atom is 0.322 e. The molecule has 4 aromatic rings. The number of urea groups is 1. The zero-order chi connectivity index (χ0) is 23.8. The first-order valence-electron chi connectivity index (χ1n) is 10.8. The number of halogens is 2. The Morgan fingerprint density at radius 3 is 2.62 bits per heavy atom. The van der Waals surface area contributed by atoms with Crippen molar-refractivity contribution in [3.8, 4) is 11.5 Å². The number of nitrogens with zero attached hydrogens (tertiary/aromatic N) is 1. The van der Waals surface area contributed by atoms with E-state index in [1.54, 1.807) is 49.5 Å². The first-order chi connectivity index (χ1) is 16.5. The number of hydrogen-bond donors (Lipinski definition) is 2. The number of nitrogens with one attached hydrogen (secondary N) is 2. The molecule has 3 aromatic carbocycles. The minimum absolute atomic E-state index is 0.303. The highest BCUT2D eigenvalue weighted by Gasteiger charge is 2.35.